The van der Waals surface area contributed by atoms with E-state index < -0.39 is 0 Å². The van der Waals surface area contributed by atoms with E-state index in [1.54, 1.807) is 11.4 Å². The average molecular weight is 311 g/mol. The van der Waals surface area contributed by atoms with Crippen LogP contribution in [0.4, 0.5) is 9.52 Å². The molecule has 5 nitrogen and oxygen atoms in total. The Morgan fingerprint density at radius 1 is 1.35 bits per heavy atom. The summed E-state index contributed by atoms with van der Waals surface area (Å²) in [5.41, 5.74) is 6.80. The van der Waals surface area contributed by atoms with E-state index in [0.29, 0.717) is 34.0 Å². The topological polar surface area (TPSA) is 77.8 Å². The van der Waals surface area contributed by atoms with Gasteiger partial charge in [-0.3, -0.25) is 0 Å². The van der Waals surface area contributed by atoms with Gasteiger partial charge in [-0.05, 0) is 17.7 Å². The van der Waals surface area contributed by atoms with Crippen LogP contribution in [0.25, 0.3) is 11.6 Å². The summed E-state index contributed by atoms with van der Waals surface area (Å²) in [5.74, 6) is 0.358. The number of anilines is 1. The maximum atomic E-state index is 13.0. The van der Waals surface area contributed by atoms with Gasteiger partial charge in [-0.25, -0.2) is 9.37 Å². The third kappa shape index (κ3) is 2.63. The molecule has 0 saturated carbocycles. The normalized spacial score (nSPS) is 10.9. The maximum absolute atomic E-state index is 13.0. The molecule has 3 aromatic rings. The predicted octanol–water partition coefficient (Wildman–Crippen LogP) is 3.16. The molecule has 2 N–H and O–H groups in total. The number of nitrogen functional groups attached to an aromatic ring is 1. The molecule has 3 rings (SSSR count). The molecule has 8 heteroatoms. The Labute approximate surface area is 122 Å². The third-order valence-electron chi connectivity index (χ3n) is 2.57. The number of benzene rings is 1. The zero-order valence-electron chi connectivity index (χ0n) is 10.0. The number of nitrogens with zero attached hydrogens (tertiary/aromatic N) is 3. The van der Waals surface area contributed by atoms with Crippen LogP contribution in [0, 0.1) is 5.82 Å². The van der Waals surface area contributed by atoms with Gasteiger partial charge >= 0.3 is 0 Å². The molecule has 0 atom stereocenters. The molecule has 0 spiro atoms. The average Bonchev–Trinajstić information content (AvgIpc) is 3.02. The van der Waals surface area contributed by atoms with Crippen LogP contribution >= 0.6 is 22.9 Å². The standard InChI is InChI=1S/C12H8ClFN4OS/c13-8-4-7(14)2-1-6(8)3-10-17-11(19-18-10)9-5-20-12(15)16-9/h1-2,4-5H,3H2,(H2,15,16). The molecular formula is C12H8ClFN4OS. The molecule has 1 aromatic carbocycles. The van der Waals surface area contributed by atoms with Crippen LogP contribution in [-0.4, -0.2) is 15.1 Å². The minimum Gasteiger partial charge on any atom is -0.375 e. The molecule has 0 amide bonds. The van der Waals surface area contributed by atoms with Crippen molar-refractivity contribution in [3.05, 3.63) is 45.8 Å². The lowest BCUT2D eigenvalue weighted by Gasteiger charge is -2.00. The van der Waals surface area contributed by atoms with Gasteiger partial charge in [0.15, 0.2) is 11.0 Å². The Morgan fingerprint density at radius 3 is 2.90 bits per heavy atom. The highest BCUT2D eigenvalue weighted by molar-refractivity contribution is 7.13. The highest BCUT2D eigenvalue weighted by Crippen LogP contribution is 2.23. The summed E-state index contributed by atoms with van der Waals surface area (Å²) in [5, 5.41) is 6.34. The Kier molecular flexibility index (Phi) is 3.37. The number of hydrogen-bond acceptors (Lipinski definition) is 6. The Bertz CT molecular complexity index is 758. The fraction of sp³-hybridized carbons (Fsp3) is 0.0833. The summed E-state index contributed by atoms with van der Waals surface area (Å²) < 4.78 is 18.1. The summed E-state index contributed by atoms with van der Waals surface area (Å²) >= 11 is 7.25. The van der Waals surface area contributed by atoms with Crippen molar-refractivity contribution in [3.63, 3.8) is 0 Å². The minimum atomic E-state index is -0.384. The van der Waals surface area contributed by atoms with Gasteiger partial charge in [0, 0.05) is 16.8 Å². The van der Waals surface area contributed by atoms with Gasteiger partial charge in [0.05, 0.1) is 0 Å². The fourth-order valence-electron chi connectivity index (χ4n) is 1.65. The summed E-state index contributed by atoms with van der Waals surface area (Å²) in [4.78, 5) is 8.27. The predicted molar refractivity (Wildman–Crippen MR) is 74.0 cm³/mol. The number of nitrogens with two attached hydrogens (primary N) is 1. The zero-order chi connectivity index (χ0) is 14.1. The number of rotatable bonds is 3. The van der Waals surface area contributed by atoms with Crippen molar-refractivity contribution >= 4 is 28.1 Å². The molecule has 0 bridgehead atoms. The van der Waals surface area contributed by atoms with Crippen LogP contribution in [-0.2, 0) is 6.42 Å². The molecule has 0 unspecified atom stereocenters. The van der Waals surface area contributed by atoms with Crippen LogP contribution < -0.4 is 5.73 Å². The lowest BCUT2D eigenvalue weighted by molar-refractivity contribution is 0.423. The largest absolute Gasteiger partial charge is 0.375 e. The summed E-state index contributed by atoms with van der Waals surface area (Å²) in [6.45, 7) is 0. The smallest absolute Gasteiger partial charge is 0.277 e. The Morgan fingerprint density at radius 2 is 2.20 bits per heavy atom. The van der Waals surface area contributed by atoms with Crippen molar-refractivity contribution in [3.8, 4) is 11.6 Å². The Hall–Kier alpha value is -1.99. The number of hydrogen-bond donors (Lipinski definition) is 1. The fourth-order valence-corrected chi connectivity index (χ4v) is 2.42. The first-order chi connectivity index (χ1) is 9.61. The molecule has 0 aliphatic heterocycles. The van der Waals surface area contributed by atoms with Gasteiger partial charge in [-0.2, -0.15) is 4.98 Å². The second kappa shape index (κ2) is 5.18. The first-order valence-corrected chi connectivity index (χ1v) is 6.85. The summed E-state index contributed by atoms with van der Waals surface area (Å²) in [6.07, 6.45) is 0.349. The summed E-state index contributed by atoms with van der Waals surface area (Å²) in [7, 11) is 0. The van der Waals surface area contributed by atoms with Crippen LogP contribution in [0.3, 0.4) is 0 Å². The molecule has 0 saturated heterocycles. The number of aromatic nitrogens is 3. The van der Waals surface area contributed by atoms with Crippen molar-refractivity contribution in [2.75, 3.05) is 5.73 Å². The van der Waals surface area contributed by atoms with E-state index in [4.69, 9.17) is 21.9 Å². The number of halogens is 2. The lowest BCUT2D eigenvalue weighted by Crippen LogP contribution is -1.92. The van der Waals surface area contributed by atoms with Crippen molar-refractivity contribution in [1.29, 1.82) is 0 Å². The molecule has 20 heavy (non-hydrogen) atoms. The van der Waals surface area contributed by atoms with Crippen LogP contribution in [0.2, 0.25) is 5.02 Å². The van der Waals surface area contributed by atoms with Gasteiger partial charge < -0.3 is 10.3 Å². The first kappa shape index (κ1) is 13.0. The molecule has 2 aromatic heterocycles. The second-order valence-electron chi connectivity index (χ2n) is 4.00. The molecule has 102 valence electrons. The molecule has 0 fully saturated rings. The van der Waals surface area contributed by atoms with Crippen LogP contribution in [0.5, 0.6) is 0 Å². The SMILES string of the molecule is Nc1nc(-c2nc(Cc3ccc(F)cc3Cl)no2)cs1. The monoisotopic (exact) mass is 310 g/mol. The van der Waals surface area contributed by atoms with E-state index in [9.17, 15) is 4.39 Å². The summed E-state index contributed by atoms with van der Waals surface area (Å²) in [6, 6.07) is 4.18. The molecule has 0 radical (unpaired) electrons. The zero-order valence-corrected chi connectivity index (χ0v) is 11.6. The third-order valence-corrected chi connectivity index (χ3v) is 3.60. The quantitative estimate of drug-likeness (QED) is 0.804. The van der Waals surface area contributed by atoms with Crippen LogP contribution in [0.1, 0.15) is 11.4 Å². The maximum Gasteiger partial charge on any atom is 0.277 e. The van der Waals surface area contributed by atoms with E-state index in [-0.39, 0.29) is 5.82 Å². The van der Waals surface area contributed by atoms with Crippen LogP contribution in [0.15, 0.2) is 28.1 Å². The molecular weight excluding hydrogens is 303 g/mol. The molecule has 2 heterocycles. The molecule has 0 aliphatic rings. The van der Waals surface area contributed by atoms with E-state index in [1.165, 1.54) is 23.5 Å². The van der Waals surface area contributed by atoms with E-state index in [2.05, 4.69) is 15.1 Å². The van der Waals surface area contributed by atoms with Crippen molar-refractivity contribution < 1.29 is 8.91 Å². The molecule has 0 aliphatic carbocycles. The van der Waals surface area contributed by atoms with E-state index >= 15 is 0 Å². The lowest BCUT2D eigenvalue weighted by atomic mass is 10.1. The number of thiazole rings is 1. The Balaban J connectivity index is 1.84. The van der Waals surface area contributed by atoms with Gasteiger partial charge in [0.25, 0.3) is 5.89 Å². The van der Waals surface area contributed by atoms with Gasteiger partial charge in [-0.1, -0.05) is 22.8 Å². The highest BCUT2D eigenvalue weighted by atomic mass is 35.5. The van der Waals surface area contributed by atoms with Gasteiger partial charge in [-0.15, -0.1) is 11.3 Å². The van der Waals surface area contributed by atoms with Gasteiger partial charge in [0.1, 0.15) is 11.5 Å². The first-order valence-electron chi connectivity index (χ1n) is 5.60. The van der Waals surface area contributed by atoms with Crippen molar-refractivity contribution in [1.82, 2.24) is 15.1 Å². The van der Waals surface area contributed by atoms with Crippen molar-refractivity contribution in [2.45, 2.75) is 6.42 Å². The minimum absolute atomic E-state index is 0.297. The van der Waals surface area contributed by atoms with Crippen molar-refractivity contribution in [2.24, 2.45) is 0 Å². The van der Waals surface area contributed by atoms with E-state index in [1.807, 2.05) is 0 Å². The highest BCUT2D eigenvalue weighted by Gasteiger charge is 2.13. The van der Waals surface area contributed by atoms with E-state index in [0.717, 1.165) is 5.56 Å². The second-order valence-corrected chi connectivity index (χ2v) is 5.30. The van der Waals surface area contributed by atoms with Gasteiger partial charge in [0.2, 0.25) is 0 Å².